The van der Waals surface area contributed by atoms with Crippen molar-refractivity contribution < 1.29 is 0 Å². The molecule has 26 heavy (non-hydrogen) atoms. The Morgan fingerprint density at radius 3 is 2.42 bits per heavy atom. The van der Waals surface area contributed by atoms with E-state index in [9.17, 15) is 0 Å². The lowest BCUT2D eigenvalue weighted by molar-refractivity contribution is 0.814. The average Bonchev–Trinajstić information content (AvgIpc) is 3.20. The van der Waals surface area contributed by atoms with Crippen LogP contribution in [0.25, 0.3) is 5.69 Å². The molecule has 0 aliphatic carbocycles. The summed E-state index contributed by atoms with van der Waals surface area (Å²) in [7, 11) is 0. The molecule has 0 saturated heterocycles. The summed E-state index contributed by atoms with van der Waals surface area (Å²) >= 11 is 0. The summed E-state index contributed by atoms with van der Waals surface area (Å²) in [6.45, 7) is 4.25. The van der Waals surface area contributed by atoms with Gasteiger partial charge in [-0.2, -0.15) is 5.10 Å². The van der Waals surface area contributed by atoms with E-state index in [2.05, 4.69) is 56.9 Å². The Hall–Kier alpha value is -2.42. The van der Waals surface area contributed by atoms with Gasteiger partial charge >= 0.3 is 0 Å². The normalized spacial score (nSPS) is 10.9. The fraction of sp³-hybridized carbons (Fsp3) is 0.211. The van der Waals surface area contributed by atoms with Gasteiger partial charge < -0.3 is 10.6 Å². The molecule has 0 aliphatic rings. The van der Waals surface area contributed by atoms with Crippen molar-refractivity contribution in [2.75, 3.05) is 6.54 Å². The second-order valence-corrected chi connectivity index (χ2v) is 5.54. The molecular formula is C19H23IN6. The highest BCUT2D eigenvalue weighted by Gasteiger charge is 2.00. The molecule has 0 unspecified atom stereocenters. The van der Waals surface area contributed by atoms with Crippen LogP contribution in [-0.4, -0.2) is 27.3 Å². The zero-order valence-corrected chi connectivity index (χ0v) is 17.0. The number of aromatic nitrogens is 3. The Morgan fingerprint density at radius 2 is 1.77 bits per heavy atom. The molecule has 0 bridgehead atoms. The van der Waals surface area contributed by atoms with E-state index in [-0.39, 0.29) is 24.0 Å². The minimum absolute atomic E-state index is 0. The summed E-state index contributed by atoms with van der Waals surface area (Å²) < 4.78 is 1.74. The van der Waals surface area contributed by atoms with Crippen molar-refractivity contribution in [1.29, 1.82) is 0 Å². The first-order valence-electron chi connectivity index (χ1n) is 8.35. The van der Waals surface area contributed by atoms with E-state index in [1.165, 1.54) is 17.5 Å². The van der Waals surface area contributed by atoms with E-state index in [0.29, 0.717) is 13.1 Å². The molecule has 1 aromatic heterocycles. The van der Waals surface area contributed by atoms with E-state index in [1.807, 2.05) is 30.3 Å². The molecule has 6 nitrogen and oxygen atoms in total. The molecule has 0 amide bonds. The highest BCUT2D eigenvalue weighted by molar-refractivity contribution is 14.0. The third-order valence-corrected chi connectivity index (χ3v) is 3.69. The van der Waals surface area contributed by atoms with Gasteiger partial charge in [-0.25, -0.2) is 14.7 Å². The van der Waals surface area contributed by atoms with Gasteiger partial charge in [0.2, 0.25) is 0 Å². The van der Waals surface area contributed by atoms with Crippen molar-refractivity contribution in [1.82, 2.24) is 25.4 Å². The zero-order valence-electron chi connectivity index (χ0n) is 14.7. The maximum absolute atomic E-state index is 4.63. The molecule has 0 saturated carbocycles. The number of rotatable bonds is 6. The fourth-order valence-electron chi connectivity index (χ4n) is 2.39. The maximum atomic E-state index is 4.63. The molecular weight excluding hydrogens is 439 g/mol. The third-order valence-electron chi connectivity index (χ3n) is 3.69. The van der Waals surface area contributed by atoms with Crippen LogP contribution in [0.4, 0.5) is 0 Å². The molecule has 3 aromatic rings. The SMILES string of the molecule is CCNC(=NCc1ccccc1)NCc1ccc(-n2cncn2)cc1.I. The lowest BCUT2D eigenvalue weighted by Crippen LogP contribution is -2.36. The van der Waals surface area contributed by atoms with Gasteiger partial charge in [0.25, 0.3) is 0 Å². The summed E-state index contributed by atoms with van der Waals surface area (Å²) in [4.78, 5) is 8.59. The molecule has 0 atom stereocenters. The van der Waals surface area contributed by atoms with E-state index in [4.69, 9.17) is 0 Å². The average molecular weight is 462 g/mol. The van der Waals surface area contributed by atoms with Crippen LogP contribution in [-0.2, 0) is 13.1 Å². The van der Waals surface area contributed by atoms with Crippen LogP contribution in [0.5, 0.6) is 0 Å². The number of hydrogen-bond donors (Lipinski definition) is 2. The number of halogens is 1. The number of nitrogens with one attached hydrogen (secondary N) is 2. The first-order valence-corrected chi connectivity index (χ1v) is 8.35. The van der Waals surface area contributed by atoms with Gasteiger partial charge in [0, 0.05) is 13.1 Å². The number of nitrogens with zero attached hydrogens (tertiary/aromatic N) is 4. The van der Waals surface area contributed by atoms with Crippen molar-refractivity contribution >= 4 is 29.9 Å². The van der Waals surface area contributed by atoms with E-state index in [0.717, 1.165) is 18.2 Å². The Kier molecular flexibility index (Phi) is 8.07. The van der Waals surface area contributed by atoms with Crippen molar-refractivity contribution in [2.45, 2.75) is 20.0 Å². The van der Waals surface area contributed by atoms with E-state index in [1.54, 1.807) is 11.0 Å². The predicted octanol–water partition coefficient (Wildman–Crippen LogP) is 3.14. The van der Waals surface area contributed by atoms with Crippen LogP contribution in [0.15, 0.2) is 72.2 Å². The Labute approximate surface area is 170 Å². The summed E-state index contributed by atoms with van der Waals surface area (Å²) in [5, 5.41) is 10.8. The van der Waals surface area contributed by atoms with E-state index >= 15 is 0 Å². The minimum atomic E-state index is 0. The van der Waals surface area contributed by atoms with Gasteiger partial charge in [-0.1, -0.05) is 42.5 Å². The second-order valence-electron chi connectivity index (χ2n) is 5.54. The van der Waals surface area contributed by atoms with Crippen molar-refractivity contribution in [3.05, 3.63) is 78.4 Å². The topological polar surface area (TPSA) is 67.1 Å². The van der Waals surface area contributed by atoms with Crippen LogP contribution in [0.3, 0.4) is 0 Å². The lowest BCUT2D eigenvalue weighted by Gasteiger charge is -2.12. The van der Waals surface area contributed by atoms with Crippen molar-refractivity contribution in [2.24, 2.45) is 4.99 Å². The standard InChI is InChI=1S/C19H22N6.HI/c1-2-21-19(22-12-16-6-4-3-5-7-16)23-13-17-8-10-18(11-9-17)25-15-20-14-24-25;/h3-11,14-15H,2,12-13H2,1H3,(H2,21,22,23);1H. The van der Waals surface area contributed by atoms with Crippen LogP contribution in [0.1, 0.15) is 18.1 Å². The lowest BCUT2D eigenvalue weighted by atomic mass is 10.2. The molecule has 1 heterocycles. The smallest absolute Gasteiger partial charge is 0.191 e. The van der Waals surface area contributed by atoms with Crippen LogP contribution >= 0.6 is 24.0 Å². The molecule has 2 aromatic carbocycles. The minimum Gasteiger partial charge on any atom is -0.357 e. The summed E-state index contributed by atoms with van der Waals surface area (Å²) in [6, 6.07) is 18.4. The van der Waals surface area contributed by atoms with Gasteiger partial charge in [-0.15, -0.1) is 24.0 Å². The van der Waals surface area contributed by atoms with Crippen molar-refractivity contribution in [3.8, 4) is 5.69 Å². The van der Waals surface area contributed by atoms with Crippen LogP contribution in [0, 0.1) is 0 Å². The molecule has 3 rings (SSSR count). The first-order chi connectivity index (χ1) is 12.3. The number of aliphatic imine (C=N–C) groups is 1. The zero-order chi connectivity index (χ0) is 17.3. The highest BCUT2D eigenvalue weighted by Crippen LogP contribution is 2.08. The molecule has 136 valence electrons. The molecule has 7 heteroatoms. The van der Waals surface area contributed by atoms with E-state index < -0.39 is 0 Å². The first kappa shape index (κ1) is 19.9. The third kappa shape index (κ3) is 5.83. The monoisotopic (exact) mass is 462 g/mol. The highest BCUT2D eigenvalue weighted by atomic mass is 127. The summed E-state index contributed by atoms with van der Waals surface area (Å²) in [5.41, 5.74) is 3.36. The quantitative estimate of drug-likeness (QED) is 0.336. The molecule has 0 radical (unpaired) electrons. The Balaban J connectivity index is 0.00000243. The van der Waals surface area contributed by atoms with Crippen LogP contribution in [0.2, 0.25) is 0 Å². The largest absolute Gasteiger partial charge is 0.357 e. The van der Waals surface area contributed by atoms with Gasteiger partial charge in [0.1, 0.15) is 12.7 Å². The Bertz CT molecular complexity index is 785. The summed E-state index contributed by atoms with van der Waals surface area (Å²) in [5.74, 6) is 0.812. The fourth-order valence-corrected chi connectivity index (χ4v) is 2.39. The molecule has 2 N–H and O–H groups in total. The van der Waals surface area contributed by atoms with Gasteiger partial charge in [0.15, 0.2) is 5.96 Å². The van der Waals surface area contributed by atoms with Gasteiger partial charge in [-0.05, 0) is 30.2 Å². The molecule has 0 aliphatic heterocycles. The molecule has 0 fully saturated rings. The maximum Gasteiger partial charge on any atom is 0.191 e. The van der Waals surface area contributed by atoms with Gasteiger partial charge in [-0.3, -0.25) is 0 Å². The van der Waals surface area contributed by atoms with Gasteiger partial charge in [0.05, 0.1) is 12.2 Å². The molecule has 0 spiro atoms. The second kappa shape index (κ2) is 10.5. The van der Waals surface area contributed by atoms with Crippen molar-refractivity contribution in [3.63, 3.8) is 0 Å². The predicted molar refractivity (Wildman–Crippen MR) is 115 cm³/mol. The number of benzene rings is 2. The van der Waals surface area contributed by atoms with Crippen LogP contribution < -0.4 is 10.6 Å². The summed E-state index contributed by atoms with van der Waals surface area (Å²) in [6.07, 6.45) is 3.22. The number of hydrogen-bond acceptors (Lipinski definition) is 3. The number of guanidine groups is 1. The Morgan fingerprint density at radius 1 is 1.00 bits per heavy atom.